The summed E-state index contributed by atoms with van der Waals surface area (Å²) < 4.78 is 37.0. The molecule has 22 nitrogen and oxygen atoms in total. The number of fused-ring (bicyclic) bond motifs is 13. The van der Waals surface area contributed by atoms with Crippen LogP contribution in [0.15, 0.2) is 170 Å². The quantitative estimate of drug-likeness (QED) is 0.0842. The Labute approximate surface area is 682 Å². The molecule has 6 aromatic carbocycles. The summed E-state index contributed by atoms with van der Waals surface area (Å²) in [5.74, 6) is -2.63. The average molecular weight is 1590 g/mol. The Hall–Kier alpha value is -10.9. The monoisotopic (exact) mass is 1590 g/mol. The number of amides is 4. The van der Waals surface area contributed by atoms with Crippen LogP contribution in [0.2, 0.25) is 0 Å². The summed E-state index contributed by atoms with van der Waals surface area (Å²) in [7, 11) is 0. The molecule has 22 heteroatoms. The van der Waals surface area contributed by atoms with Crippen LogP contribution < -0.4 is 0 Å². The lowest BCUT2D eigenvalue weighted by atomic mass is 9.88. The number of carbonyl (C=O) groups excluding carboxylic acids is 9. The highest BCUT2D eigenvalue weighted by Crippen LogP contribution is 2.48. The van der Waals surface area contributed by atoms with Gasteiger partial charge in [-0.05, 0) is 201 Å². The van der Waals surface area contributed by atoms with Crippen LogP contribution >= 0.6 is 0 Å². The molecule has 4 saturated heterocycles. The number of piperidine rings is 2. The molecule has 6 aromatic rings. The summed E-state index contributed by atoms with van der Waals surface area (Å²) in [6.07, 6.45) is 12.7. The molecule has 618 valence electrons. The molecule has 4 amide bonds. The Morgan fingerprint density at radius 2 is 0.647 bits per heavy atom. The minimum atomic E-state index is -0.990. The van der Waals surface area contributed by atoms with E-state index in [1.165, 1.54) is 82.0 Å². The first-order valence-corrected chi connectivity index (χ1v) is 40.4. The van der Waals surface area contributed by atoms with Crippen molar-refractivity contribution >= 4 is 59.8 Å². The number of carbonyl (C=O) groups is 10. The second kappa shape index (κ2) is 37.4. The highest BCUT2D eigenvalue weighted by atomic mass is 16.6. The van der Waals surface area contributed by atoms with E-state index in [0.717, 1.165) is 54.4 Å². The number of likely N-dealkylation sites (tertiary alicyclic amines) is 2. The van der Waals surface area contributed by atoms with Crippen molar-refractivity contribution in [1.82, 2.24) is 19.6 Å². The predicted octanol–water partition coefficient (Wildman–Crippen LogP) is 16.7. The van der Waals surface area contributed by atoms with Crippen LogP contribution in [0.25, 0.3) is 33.4 Å². The van der Waals surface area contributed by atoms with Gasteiger partial charge in [0, 0.05) is 70.4 Å². The van der Waals surface area contributed by atoms with E-state index in [0.29, 0.717) is 45.6 Å². The second-order valence-corrected chi connectivity index (χ2v) is 34.6. The molecule has 0 saturated carbocycles. The lowest BCUT2D eigenvalue weighted by Crippen LogP contribution is -2.59. The van der Waals surface area contributed by atoms with Gasteiger partial charge in [0.2, 0.25) is 11.8 Å². The fraction of sp³-hybridized carbons (Fsp3) is 0.468. The fourth-order valence-electron chi connectivity index (χ4n) is 17.0. The number of rotatable bonds is 8. The highest BCUT2D eigenvalue weighted by molar-refractivity contribution is 5.93. The summed E-state index contributed by atoms with van der Waals surface area (Å²) in [6, 6.07) is 46.5. The van der Waals surface area contributed by atoms with Crippen LogP contribution in [0, 0.1) is 11.8 Å². The van der Waals surface area contributed by atoms with Crippen molar-refractivity contribution in [3.63, 3.8) is 0 Å². The molecular weight excluding hydrogens is 1470 g/mol. The average Bonchev–Trinajstić information content (AvgIpc) is 1.39. The topological polar surface area (TPSA) is 268 Å². The van der Waals surface area contributed by atoms with Crippen molar-refractivity contribution in [2.24, 2.45) is 11.8 Å². The van der Waals surface area contributed by atoms with Crippen molar-refractivity contribution in [1.29, 1.82) is 0 Å². The van der Waals surface area contributed by atoms with Gasteiger partial charge >= 0.3 is 48.0 Å². The lowest BCUT2D eigenvalue weighted by molar-refractivity contribution is -0.165. The molecule has 116 heavy (non-hydrogen) atoms. The molecule has 0 spiro atoms. The van der Waals surface area contributed by atoms with E-state index < -0.39 is 53.5 Å². The third-order valence-corrected chi connectivity index (χ3v) is 21.3. The van der Waals surface area contributed by atoms with Gasteiger partial charge in [-0.1, -0.05) is 170 Å². The Morgan fingerprint density at radius 3 is 0.940 bits per heavy atom. The molecule has 6 aliphatic heterocycles. The molecule has 0 radical (unpaired) electrons. The van der Waals surface area contributed by atoms with Crippen molar-refractivity contribution in [3.05, 3.63) is 203 Å². The number of carboxylic acids is 1. The number of benzene rings is 6. The lowest BCUT2D eigenvalue weighted by Gasteiger charge is -2.41. The van der Waals surface area contributed by atoms with E-state index in [2.05, 4.69) is 78.9 Å². The zero-order chi connectivity index (χ0) is 84.3. The van der Waals surface area contributed by atoms with Crippen molar-refractivity contribution in [2.75, 3.05) is 32.9 Å². The predicted molar refractivity (Wildman–Crippen MR) is 441 cm³/mol. The Balaban J connectivity index is 0.000000158. The molecule has 3 aliphatic carbocycles. The molecule has 0 unspecified atom stereocenters. The van der Waals surface area contributed by atoms with Gasteiger partial charge in [-0.3, -0.25) is 38.6 Å². The van der Waals surface area contributed by atoms with Crippen LogP contribution in [0.3, 0.4) is 0 Å². The SMILES string of the molecule is CC(=O)OC(C)(C)C.CC(=O)OC(C)(C)C.CC(=O)OCC1c2ccccc2-c2ccccc21.CC(=O)OCC1c2ccccc2-c2ccccc21.CC(C)(C)OC(=O)[C@@H]1CC[C@@H]2C=C[C@H]3CCCN(C(=O)OC(C)(C)C)[C@@H]3C(=O)N21.O=C(O)[C@@H]1CC[C@@H]2C=C[C@H]3CCCN(C(=O)OCC4c5ccccc5-c5ccccc54)[C@@H]3C(=O)N21. The van der Waals surface area contributed by atoms with E-state index in [-0.39, 0.29) is 101 Å². The number of esters is 5. The summed E-state index contributed by atoms with van der Waals surface area (Å²) in [4.78, 5) is 127. The minimum Gasteiger partial charge on any atom is -0.480 e. The Morgan fingerprint density at radius 1 is 0.353 bits per heavy atom. The first-order chi connectivity index (χ1) is 54.8. The molecule has 8 atom stereocenters. The first-order valence-electron chi connectivity index (χ1n) is 40.4. The van der Waals surface area contributed by atoms with Crippen LogP contribution in [-0.2, 0) is 71.5 Å². The van der Waals surface area contributed by atoms with Crippen molar-refractivity contribution in [2.45, 2.75) is 239 Å². The number of hydrogen-bond donors (Lipinski definition) is 1. The van der Waals surface area contributed by atoms with Gasteiger partial charge < -0.3 is 48.1 Å². The van der Waals surface area contributed by atoms with E-state index in [1.54, 1.807) is 9.80 Å². The normalized spacial score (nSPS) is 21.1. The first kappa shape index (κ1) is 87.5. The van der Waals surface area contributed by atoms with Crippen LogP contribution in [0.1, 0.15) is 213 Å². The fourth-order valence-corrected chi connectivity index (χ4v) is 17.0. The second-order valence-electron chi connectivity index (χ2n) is 34.6. The van der Waals surface area contributed by atoms with Crippen LogP contribution in [-0.4, -0.2) is 176 Å². The number of nitrogens with zero attached hydrogens (tertiary/aromatic N) is 4. The van der Waals surface area contributed by atoms with Crippen LogP contribution in [0.4, 0.5) is 9.59 Å². The van der Waals surface area contributed by atoms with E-state index in [4.69, 9.17) is 33.2 Å². The molecular formula is C94H114N4O18. The summed E-state index contributed by atoms with van der Waals surface area (Å²) in [5, 5.41) is 9.68. The number of ether oxygens (including phenoxy) is 7. The Kier molecular flexibility index (Phi) is 28.2. The number of carboxylic acid groups (broad SMARTS) is 1. The Bertz CT molecular complexity index is 4380. The molecule has 0 aromatic heterocycles. The van der Waals surface area contributed by atoms with E-state index in [1.807, 2.05) is 174 Å². The van der Waals surface area contributed by atoms with Gasteiger partial charge in [-0.25, -0.2) is 19.2 Å². The smallest absolute Gasteiger partial charge is 0.410 e. The molecule has 6 heterocycles. The molecule has 9 aliphatic rings. The zero-order valence-electron chi connectivity index (χ0n) is 69.9. The van der Waals surface area contributed by atoms with Gasteiger partial charge in [0.1, 0.15) is 66.4 Å². The summed E-state index contributed by atoms with van der Waals surface area (Å²) in [6.45, 7) is 29.6. The largest absolute Gasteiger partial charge is 0.480 e. The zero-order valence-corrected chi connectivity index (χ0v) is 69.9. The van der Waals surface area contributed by atoms with Gasteiger partial charge in [-0.15, -0.1) is 0 Å². The standard InChI is InChI=1S/C28H28N2O5.C22H34N2O5.2C16H14O2.2C6H12O2/c31-26-25-17(11-12-18-13-14-24(27(32)33)30(18)26)6-5-15-29(25)28(34)35-16-23-21-9-3-1-7-19(21)20-8-2-4-10-22(20)23;1-21(2,3)28-19(26)16-12-11-15-10-9-14-8-7-13-23(17(14)18(25)24(15)16)20(27)29-22(4,5)6;2*1-11(17)18-10-16-14-8-4-2-6-12(14)13-7-3-5-9-15(13)16;2*1-5(7)8-6(2,3)4/h1-4,7-12,17-18,23-25H,5-6,13-16H2,(H,32,33);9-10,14-17H,7-8,11-13H2,1-6H3;2*2-9,16H,10H2,1H3;2*1-4H3/t17-,18+,24+,25+;14-,15+,16+,17+;;;;/m11..../s1. The van der Waals surface area contributed by atoms with E-state index in [9.17, 15) is 53.1 Å². The van der Waals surface area contributed by atoms with Gasteiger partial charge in [0.15, 0.2) is 0 Å². The third kappa shape index (κ3) is 21.8. The van der Waals surface area contributed by atoms with E-state index >= 15 is 0 Å². The summed E-state index contributed by atoms with van der Waals surface area (Å²) in [5.41, 5.74) is 12.7. The summed E-state index contributed by atoms with van der Waals surface area (Å²) >= 11 is 0. The maximum Gasteiger partial charge on any atom is 0.410 e. The molecule has 4 fully saturated rings. The highest BCUT2D eigenvalue weighted by Gasteiger charge is 2.52. The number of aliphatic carboxylic acids is 1. The molecule has 15 rings (SSSR count). The van der Waals surface area contributed by atoms with Crippen LogP contribution in [0.5, 0.6) is 0 Å². The minimum absolute atomic E-state index is 0.0592. The third-order valence-electron chi connectivity index (χ3n) is 21.3. The maximum atomic E-state index is 13.7. The molecule has 1 N–H and O–H groups in total. The maximum absolute atomic E-state index is 13.7. The molecule has 0 bridgehead atoms. The van der Waals surface area contributed by atoms with Gasteiger partial charge in [0.05, 0.1) is 12.1 Å². The van der Waals surface area contributed by atoms with Gasteiger partial charge in [-0.2, -0.15) is 0 Å². The number of hydrogen-bond acceptors (Lipinski definition) is 17. The van der Waals surface area contributed by atoms with Gasteiger partial charge in [0.25, 0.3) is 0 Å². The van der Waals surface area contributed by atoms with Crippen molar-refractivity contribution < 1.29 is 86.2 Å². The van der Waals surface area contributed by atoms with Crippen molar-refractivity contribution in [3.8, 4) is 33.4 Å².